The molecule has 0 aliphatic rings. The number of hydrogen-bond donors (Lipinski definition) is 0. The van der Waals surface area contributed by atoms with Gasteiger partial charge in [-0.3, -0.25) is 0 Å². The second-order valence-electron chi connectivity index (χ2n) is 5.54. The topological polar surface area (TPSA) is 0 Å². The van der Waals surface area contributed by atoms with E-state index < -0.39 is 7.26 Å². The fourth-order valence-electron chi connectivity index (χ4n) is 3.22. The van der Waals surface area contributed by atoms with Crippen molar-refractivity contribution in [3.05, 3.63) is 91.0 Å². The second kappa shape index (κ2) is 8.29. The molecule has 3 rings (SSSR count). The minimum atomic E-state index is -1.55. The molecule has 0 aliphatic heterocycles. The zero-order valence-electron chi connectivity index (χ0n) is 13.4. The predicted octanol–water partition coefficient (Wildman–Crippen LogP) is 4.81. The fourth-order valence-corrected chi connectivity index (χ4v) is 7.60. The van der Waals surface area contributed by atoms with Crippen LogP contribution in [0.15, 0.2) is 91.0 Å². The average Bonchev–Trinajstić information content (AvgIpc) is 2.62. The van der Waals surface area contributed by atoms with Gasteiger partial charge in [0.1, 0.15) is 23.2 Å². The van der Waals surface area contributed by atoms with E-state index in [1.54, 1.807) is 0 Å². The molecule has 0 atom stereocenters. The molecule has 0 aliphatic carbocycles. The summed E-state index contributed by atoms with van der Waals surface area (Å²) in [5.74, 6) is 0. The molecule has 0 saturated carbocycles. The molecule has 2 heteroatoms. The van der Waals surface area contributed by atoms with Crippen LogP contribution in [0.25, 0.3) is 0 Å². The lowest BCUT2D eigenvalue weighted by Gasteiger charge is -2.27. The molecule has 0 unspecified atom stereocenters. The van der Waals surface area contributed by atoms with Crippen LogP contribution in [-0.2, 0) is 0 Å². The van der Waals surface area contributed by atoms with E-state index in [0.29, 0.717) is 0 Å². The first kappa shape index (κ1) is 17.7. The Hall–Kier alpha value is -1.62. The van der Waals surface area contributed by atoms with Crippen LogP contribution in [0.3, 0.4) is 0 Å². The lowest BCUT2D eigenvalue weighted by molar-refractivity contribution is 1.10. The Kier molecular flexibility index (Phi) is 6.39. The van der Waals surface area contributed by atoms with Gasteiger partial charge in [0.15, 0.2) is 0 Å². The Morgan fingerprint density at radius 3 is 1.13 bits per heavy atom. The van der Waals surface area contributed by atoms with E-state index in [1.165, 1.54) is 28.5 Å². The zero-order chi connectivity index (χ0) is 15.3. The van der Waals surface area contributed by atoms with Crippen molar-refractivity contribution in [3.63, 3.8) is 0 Å². The third-order valence-electron chi connectivity index (χ3n) is 4.15. The number of rotatable bonds is 5. The van der Waals surface area contributed by atoms with E-state index in [0.717, 1.165) is 0 Å². The molecular weight excluding hydrogens is 319 g/mol. The lowest BCUT2D eigenvalue weighted by atomic mass is 10.4. The summed E-state index contributed by atoms with van der Waals surface area (Å²) >= 11 is 0. The summed E-state index contributed by atoms with van der Waals surface area (Å²) in [7, 11) is -1.55. The third kappa shape index (κ3) is 3.50. The van der Waals surface area contributed by atoms with Gasteiger partial charge in [-0.2, -0.15) is 0 Å². The minimum absolute atomic E-state index is 0. The first-order valence-corrected chi connectivity index (χ1v) is 9.90. The van der Waals surface area contributed by atoms with Gasteiger partial charge in [0, 0.05) is 0 Å². The van der Waals surface area contributed by atoms with E-state index in [4.69, 9.17) is 0 Å². The number of halogens is 1. The van der Waals surface area contributed by atoms with Crippen molar-refractivity contribution in [1.29, 1.82) is 0 Å². The van der Waals surface area contributed by atoms with E-state index in [1.807, 2.05) is 0 Å². The Labute approximate surface area is 146 Å². The van der Waals surface area contributed by atoms with Gasteiger partial charge in [0.25, 0.3) is 0 Å². The van der Waals surface area contributed by atoms with Crippen molar-refractivity contribution in [2.45, 2.75) is 13.3 Å². The molecule has 0 nitrogen and oxygen atoms in total. The van der Waals surface area contributed by atoms with E-state index in [9.17, 15) is 0 Å². The smallest absolute Gasteiger partial charge is 0.112 e. The first-order chi connectivity index (χ1) is 10.9. The van der Waals surface area contributed by atoms with Gasteiger partial charge in [-0.15, -0.1) is 12.4 Å². The molecule has 3 aromatic rings. The van der Waals surface area contributed by atoms with Crippen LogP contribution in [0.4, 0.5) is 0 Å². The maximum Gasteiger partial charge on any atom is 0.112 e. The molecule has 3 aromatic carbocycles. The van der Waals surface area contributed by atoms with Crippen LogP contribution in [0, 0.1) is 0 Å². The van der Waals surface area contributed by atoms with Crippen molar-refractivity contribution in [3.8, 4) is 0 Å². The molecule has 118 valence electrons. The molecule has 0 fully saturated rings. The molecule has 0 spiro atoms. The maximum absolute atomic E-state index is 2.31. The largest absolute Gasteiger partial charge is 0.147 e. The lowest BCUT2D eigenvalue weighted by Crippen LogP contribution is -2.33. The fraction of sp³-hybridized carbons (Fsp3) is 0.143. The summed E-state index contributed by atoms with van der Waals surface area (Å²) in [6, 6.07) is 33.2. The van der Waals surface area contributed by atoms with Gasteiger partial charge in [0.05, 0.1) is 6.16 Å². The highest BCUT2D eigenvalue weighted by molar-refractivity contribution is 7.95. The molecule has 0 aromatic heterocycles. The quantitative estimate of drug-likeness (QED) is 0.584. The Balaban J connectivity index is 0.00000192. The van der Waals surface area contributed by atoms with Crippen molar-refractivity contribution < 1.29 is 0 Å². The zero-order valence-corrected chi connectivity index (χ0v) is 15.1. The summed E-state index contributed by atoms with van der Waals surface area (Å²) < 4.78 is 0. The SMILES string of the molecule is CCC[P+](c1ccccc1)(c1ccccc1)c1ccccc1.Cl. The Morgan fingerprint density at radius 1 is 0.565 bits per heavy atom. The third-order valence-corrected chi connectivity index (χ3v) is 8.81. The van der Waals surface area contributed by atoms with Crippen molar-refractivity contribution in [1.82, 2.24) is 0 Å². The Bertz CT molecular complexity index is 599. The molecule has 0 heterocycles. The molecule has 23 heavy (non-hydrogen) atoms. The molecule has 0 radical (unpaired) electrons. The van der Waals surface area contributed by atoms with Crippen LogP contribution in [0.5, 0.6) is 0 Å². The molecule has 0 amide bonds. The maximum atomic E-state index is 2.31. The van der Waals surface area contributed by atoms with Gasteiger partial charge in [0.2, 0.25) is 0 Å². The van der Waals surface area contributed by atoms with Crippen molar-refractivity contribution in [2.24, 2.45) is 0 Å². The summed E-state index contributed by atoms with van der Waals surface area (Å²) in [6.07, 6.45) is 2.40. The second-order valence-corrected chi connectivity index (χ2v) is 9.16. The summed E-state index contributed by atoms with van der Waals surface area (Å²) in [6.45, 7) is 2.30. The summed E-state index contributed by atoms with van der Waals surface area (Å²) in [5, 5.41) is 4.44. The molecule has 0 saturated heterocycles. The van der Waals surface area contributed by atoms with Crippen molar-refractivity contribution in [2.75, 3.05) is 6.16 Å². The van der Waals surface area contributed by atoms with Gasteiger partial charge in [-0.25, -0.2) is 0 Å². The van der Waals surface area contributed by atoms with Gasteiger partial charge < -0.3 is 0 Å². The minimum Gasteiger partial charge on any atom is -0.147 e. The van der Waals surface area contributed by atoms with Crippen LogP contribution in [0.1, 0.15) is 13.3 Å². The highest BCUT2D eigenvalue weighted by atomic mass is 35.5. The summed E-state index contributed by atoms with van der Waals surface area (Å²) in [5.41, 5.74) is 0. The van der Waals surface area contributed by atoms with Crippen LogP contribution >= 0.6 is 19.7 Å². The van der Waals surface area contributed by atoms with Gasteiger partial charge in [-0.05, 0) is 42.8 Å². The first-order valence-electron chi connectivity index (χ1n) is 7.93. The number of hydrogen-bond acceptors (Lipinski definition) is 0. The monoisotopic (exact) mass is 341 g/mol. The standard InChI is InChI=1S/C21H22P.ClH/c1-2-18-22(19-12-6-3-7-13-19,20-14-8-4-9-15-20)21-16-10-5-11-17-21;/h3-17H,2,18H2,1H3;1H/q+1;. The van der Waals surface area contributed by atoms with Crippen LogP contribution in [0.2, 0.25) is 0 Å². The predicted molar refractivity (Wildman–Crippen MR) is 108 cm³/mol. The highest BCUT2D eigenvalue weighted by Crippen LogP contribution is 2.55. The average molecular weight is 342 g/mol. The number of benzene rings is 3. The van der Waals surface area contributed by atoms with Gasteiger partial charge >= 0.3 is 0 Å². The Morgan fingerprint density at radius 2 is 0.870 bits per heavy atom. The molecular formula is C21H23ClP+. The van der Waals surface area contributed by atoms with E-state index in [2.05, 4.69) is 97.9 Å². The summed E-state index contributed by atoms with van der Waals surface area (Å²) in [4.78, 5) is 0. The van der Waals surface area contributed by atoms with E-state index in [-0.39, 0.29) is 12.4 Å². The molecule has 0 bridgehead atoms. The normalized spacial score (nSPS) is 10.8. The highest BCUT2D eigenvalue weighted by Gasteiger charge is 2.43. The van der Waals surface area contributed by atoms with E-state index >= 15 is 0 Å². The van der Waals surface area contributed by atoms with Crippen molar-refractivity contribution >= 4 is 35.6 Å². The van der Waals surface area contributed by atoms with Crippen LogP contribution in [-0.4, -0.2) is 6.16 Å². The molecule has 0 N–H and O–H groups in total. The van der Waals surface area contributed by atoms with Gasteiger partial charge in [-0.1, -0.05) is 61.5 Å². The van der Waals surface area contributed by atoms with Crippen LogP contribution < -0.4 is 15.9 Å².